The first kappa shape index (κ1) is 19.7. The number of likely N-dealkylation sites (tertiary alicyclic amines) is 1. The largest absolute Gasteiger partial charge is 0.490 e. The zero-order valence-corrected chi connectivity index (χ0v) is 17.6. The monoisotopic (exact) mass is 408 g/mol. The SMILES string of the molecule is O=C(NCCC1CC2C=CC1C2)c1ccc(OC2CCN(C(=O)C3CC3)CC2)cc1. The molecule has 3 fully saturated rings. The first-order valence-corrected chi connectivity index (χ1v) is 11.7. The topological polar surface area (TPSA) is 58.6 Å². The van der Waals surface area contributed by atoms with Crippen molar-refractivity contribution in [1.82, 2.24) is 10.2 Å². The van der Waals surface area contributed by atoms with Gasteiger partial charge in [0.2, 0.25) is 5.91 Å². The summed E-state index contributed by atoms with van der Waals surface area (Å²) in [6.45, 7) is 2.33. The summed E-state index contributed by atoms with van der Waals surface area (Å²) in [6, 6.07) is 7.46. The summed E-state index contributed by atoms with van der Waals surface area (Å²) in [7, 11) is 0. The molecule has 1 aromatic carbocycles. The molecular weight excluding hydrogens is 376 g/mol. The fourth-order valence-corrected chi connectivity index (χ4v) is 5.36. The summed E-state index contributed by atoms with van der Waals surface area (Å²) < 4.78 is 6.10. The molecule has 3 atom stereocenters. The minimum atomic E-state index is -0.00727. The highest BCUT2D eigenvalue weighted by molar-refractivity contribution is 5.94. The average Bonchev–Trinajstić information content (AvgIpc) is 3.42. The second-order valence-corrected chi connectivity index (χ2v) is 9.53. The van der Waals surface area contributed by atoms with E-state index in [1.165, 1.54) is 12.8 Å². The van der Waals surface area contributed by atoms with Crippen molar-refractivity contribution in [3.05, 3.63) is 42.0 Å². The first-order chi connectivity index (χ1) is 14.7. The molecule has 2 saturated carbocycles. The molecule has 3 aliphatic carbocycles. The quantitative estimate of drug-likeness (QED) is 0.698. The highest BCUT2D eigenvalue weighted by Gasteiger charge is 2.36. The van der Waals surface area contributed by atoms with Gasteiger partial charge in [-0.05, 0) is 74.1 Å². The number of hydrogen-bond acceptors (Lipinski definition) is 3. The van der Waals surface area contributed by atoms with Crippen LogP contribution >= 0.6 is 0 Å². The predicted octanol–water partition coefficient (Wildman–Crippen LogP) is 3.80. The Bertz CT molecular complexity index is 806. The number of carbonyl (C=O) groups is 2. The number of nitrogens with one attached hydrogen (secondary N) is 1. The Morgan fingerprint density at radius 1 is 1.00 bits per heavy atom. The van der Waals surface area contributed by atoms with Gasteiger partial charge in [0, 0.05) is 44.0 Å². The van der Waals surface area contributed by atoms with E-state index in [0.717, 1.165) is 75.2 Å². The van der Waals surface area contributed by atoms with Crippen molar-refractivity contribution >= 4 is 11.8 Å². The summed E-state index contributed by atoms with van der Waals surface area (Å²) in [5, 5.41) is 3.07. The molecule has 0 spiro atoms. The first-order valence-electron chi connectivity index (χ1n) is 11.7. The molecule has 4 aliphatic rings. The number of carbonyl (C=O) groups excluding carboxylic acids is 2. The molecule has 2 bridgehead atoms. The van der Waals surface area contributed by atoms with Crippen molar-refractivity contribution in [3.63, 3.8) is 0 Å². The van der Waals surface area contributed by atoms with Gasteiger partial charge in [0.25, 0.3) is 5.91 Å². The van der Waals surface area contributed by atoms with Gasteiger partial charge in [-0.25, -0.2) is 0 Å². The highest BCUT2D eigenvalue weighted by atomic mass is 16.5. The van der Waals surface area contributed by atoms with Gasteiger partial charge in [0.15, 0.2) is 0 Å². The van der Waals surface area contributed by atoms with Crippen molar-refractivity contribution in [2.24, 2.45) is 23.7 Å². The number of benzene rings is 1. The molecule has 3 unspecified atom stereocenters. The second kappa shape index (κ2) is 8.44. The normalized spacial score (nSPS) is 28.0. The zero-order chi connectivity index (χ0) is 20.5. The van der Waals surface area contributed by atoms with Crippen molar-refractivity contribution < 1.29 is 14.3 Å². The fourth-order valence-electron chi connectivity index (χ4n) is 5.36. The molecule has 2 amide bonds. The Morgan fingerprint density at radius 2 is 1.77 bits per heavy atom. The lowest BCUT2D eigenvalue weighted by molar-refractivity contribution is -0.134. The van der Waals surface area contributed by atoms with Gasteiger partial charge in [-0.2, -0.15) is 0 Å². The van der Waals surface area contributed by atoms with Gasteiger partial charge < -0.3 is 15.0 Å². The molecule has 160 valence electrons. The van der Waals surface area contributed by atoms with Gasteiger partial charge in [-0.15, -0.1) is 0 Å². The third-order valence-corrected chi connectivity index (χ3v) is 7.32. The van der Waals surface area contributed by atoms with E-state index in [1.54, 1.807) is 0 Å². The Hall–Kier alpha value is -2.30. The van der Waals surface area contributed by atoms with Crippen LogP contribution in [-0.2, 0) is 4.79 Å². The molecule has 1 aromatic rings. The van der Waals surface area contributed by atoms with E-state index >= 15 is 0 Å². The number of amides is 2. The summed E-state index contributed by atoms with van der Waals surface area (Å²) in [6.07, 6.45) is 12.4. The van der Waals surface area contributed by atoms with Crippen LogP contribution in [0.4, 0.5) is 0 Å². The Kier molecular flexibility index (Phi) is 5.53. The van der Waals surface area contributed by atoms with Crippen molar-refractivity contribution in [2.75, 3.05) is 19.6 Å². The molecule has 5 nitrogen and oxygen atoms in total. The van der Waals surface area contributed by atoms with Crippen molar-refractivity contribution in [3.8, 4) is 5.75 Å². The maximum absolute atomic E-state index is 12.4. The summed E-state index contributed by atoms with van der Waals surface area (Å²) in [5.41, 5.74) is 0.681. The number of ether oxygens (including phenoxy) is 1. The van der Waals surface area contributed by atoms with E-state index in [4.69, 9.17) is 4.74 Å². The molecule has 1 saturated heterocycles. The molecule has 1 heterocycles. The molecule has 5 rings (SSSR count). The summed E-state index contributed by atoms with van der Waals surface area (Å²) in [5.74, 6) is 3.68. The smallest absolute Gasteiger partial charge is 0.251 e. The van der Waals surface area contributed by atoms with Crippen LogP contribution in [0.2, 0.25) is 0 Å². The van der Waals surface area contributed by atoms with Crippen LogP contribution in [0.25, 0.3) is 0 Å². The van der Waals surface area contributed by atoms with Crippen LogP contribution in [0, 0.1) is 23.7 Å². The van der Waals surface area contributed by atoms with Crippen molar-refractivity contribution in [1.29, 1.82) is 0 Å². The van der Waals surface area contributed by atoms with Gasteiger partial charge >= 0.3 is 0 Å². The van der Waals surface area contributed by atoms with E-state index < -0.39 is 0 Å². The molecule has 1 N–H and O–H groups in total. The van der Waals surface area contributed by atoms with Crippen LogP contribution < -0.4 is 10.1 Å². The van der Waals surface area contributed by atoms with E-state index in [-0.39, 0.29) is 12.0 Å². The van der Waals surface area contributed by atoms with Crippen LogP contribution in [0.15, 0.2) is 36.4 Å². The highest BCUT2D eigenvalue weighted by Crippen LogP contribution is 2.44. The number of allylic oxidation sites excluding steroid dienone is 2. The minimum absolute atomic E-state index is 0.00727. The number of fused-ring (bicyclic) bond motifs is 2. The third-order valence-electron chi connectivity index (χ3n) is 7.32. The molecule has 0 aromatic heterocycles. The van der Waals surface area contributed by atoms with Gasteiger partial charge in [0.05, 0.1) is 0 Å². The lowest BCUT2D eigenvalue weighted by Gasteiger charge is -2.32. The third kappa shape index (κ3) is 4.40. The standard InChI is InChI=1S/C25H32N2O3/c28-24(26-12-9-21-16-17-1-2-20(21)15-17)18-5-7-22(8-6-18)30-23-10-13-27(14-11-23)25(29)19-3-4-19/h1-2,5-8,17,19-21,23H,3-4,9-16H2,(H,26,28). The maximum atomic E-state index is 12.4. The van der Waals surface area contributed by atoms with E-state index in [0.29, 0.717) is 17.4 Å². The number of nitrogens with zero attached hydrogens (tertiary/aromatic N) is 1. The zero-order valence-electron chi connectivity index (χ0n) is 17.6. The van der Waals surface area contributed by atoms with Gasteiger partial charge in [-0.1, -0.05) is 12.2 Å². The Balaban J connectivity index is 1.04. The molecule has 30 heavy (non-hydrogen) atoms. The summed E-state index contributed by atoms with van der Waals surface area (Å²) in [4.78, 5) is 26.6. The lowest BCUT2D eigenvalue weighted by Crippen LogP contribution is -2.42. The van der Waals surface area contributed by atoms with Gasteiger partial charge in [-0.3, -0.25) is 9.59 Å². The van der Waals surface area contributed by atoms with Crippen LogP contribution in [0.5, 0.6) is 5.75 Å². The summed E-state index contributed by atoms with van der Waals surface area (Å²) >= 11 is 0. The Labute approximate surface area is 178 Å². The molecule has 0 radical (unpaired) electrons. The van der Waals surface area contributed by atoms with E-state index in [2.05, 4.69) is 17.5 Å². The van der Waals surface area contributed by atoms with Crippen LogP contribution in [-0.4, -0.2) is 42.5 Å². The van der Waals surface area contributed by atoms with Crippen LogP contribution in [0.1, 0.15) is 55.3 Å². The van der Waals surface area contributed by atoms with Gasteiger partial charge in [0.1, 0.15) is 11.9 Å². The maximum Gasteiger partial charge on any atom is 0.251 e. The minimum Gasteiger partial charge on any atom is -0.490 e. The number of rotatable bonds is 7. The average molecular weight is 409 g/mol. The fraction of sp³-hybridized carbons (Fsp3) is 0.600. The molecular formula is C25H32N2O3. The van der Waals surface area contributed by atoms with E-state index in [9.17, 15) is 9.59 Å². The lowest BCUT2D eigenvalue weighted by atomic mass is 9.90. The van der Waals surface area contributed by atoms with Crippen LogP contribution in [0.3, 0.4) is 0 Å². The predicted molar refractivity (Wildman–Crippen MR) is 115 cm³/mol. The van der Waals surface area contributed by atoms with Crippen molar-refractivity contribution in [2.45, 2.75) is 51.0 Å². The number of hydrogen-bond donors (Lipinski definition) is 1. The number of piperidine rings is 1. The molecule has 5 heteroatoms. The second-order valence-electron chi connectivity index (χ2n) is 9.53. The Morgan fingerprint density at radius 3 is 2.40 bits per heavy atom. The molecule has 1 aliphatic heterocycles. The van der Waals surface area contributed by atoms with E-state index in [1.807, 2.05) is 29.2 Å².